The summed E-state index contributed by atoms with van der Waals surface area (Å²) in [5.74, 6) is -0.132. The van der Waals surface area contributed by atoms with Crippen LogP contribution in [0.4, 0.5) is 0 Å². The van der Waals surface area contributed by atoms with E-state index in [0.29, 0.717) is 16.6 Å². The fraction of sp³-hybridized carbons (Fsp3) is 0.450. The normalized spacial score (nSPS) is 21.2. The maximum Gasteiger partial charge on any atom is 0.152 e. The molecular formula is C20H22ClNO2S. The van der Waals surface area contributed by atoms with E-state index in [1.807, 2.05) is 31.2 Å². The smallest absolute Gasteiger partial charge is 0.152 e. The lowest BCUT2D eigenvalue weighted by atomic mass is 9.89. The van der Waals surface area contributed by atoms with Crippen molar-refractivity contribution in [3.8, 4) is 10.6 Å². The summed E-state index contributed by atoms with van der Waals surface area (Å²) < 4.78 is 0. The Morgan fingerprint density at radius 1 is 1.36 bits per heavy atom. The van der Waals surface area contributed by atoms with Crippen molar-refractivity contribution in [3.05, 3.63) is 39.9 Å². The zero-order chi connectivity index (χ0) is 18.0. The first-order valence-electron chi connectivity index (χ1n) is 8.78. The summed E-state index contributed by atoms with van der Waals surface area (Å²) in [6, 6.07) is 7.49. The van der Waals surface area contributed by atoms with E-state index >= 15 is 0 Å². The first-order valence-corrected chi connectivity index (χ1v) is 9.97. The van der Waals surface area contributed by atoms with Gasteiger partial charge in [0.05, 0.1) is 5.69 Å². The van der Waals surface area contributed by atoms with Gasteiger partial charge in [-0.3, -0.25) is 4.79 Å². The van der Waals surface area contributed by atoms with E-state index in [1.54, 1.807) is 11.3 Å². The van der Waals surface area contributed by atoms with Gasteiger partial charge in [-0.25, -0.2) is 4.98 Å². The van der Waals surface area contributed by atoms with E-state index in [0.717, 1.165) is 47.4 Å². The van der Waals surface area contributed by atoms with Gasteiger partial charge in [0, 0.05) is 21.4 Å². The molecule has 1 heterocycles. The molecule has 25 heavy (non-hydrogen) atoms. The van der Waals surface area contributed by atoms with Crippen LogP contribution in [-0.4, -0.2) is 17.1 Å². The Balaban J connectivity index is 1.92. The van der Waals surface area contributed by atoms with E-state index in [2.05, 4.69) is 11.9 Å². The van der Waals surface area contributed by atoms with Gasteiger partial charge in [0.1, 0.15) is 17.2 Å². The van der Waals surface area contributed by atoms with E-state index in [-0.39, 0.29) is 11.7 Å². The fourth-order valence-corrected chi connectivity index (χ4v) is 4.74. The zero-order valence-electron chi connectivity index (χ0n) is 14.5. The van der Waals surface area contributed by atoms with Crippen molar-refractivity contribution < 1.29 is 9.59 Å². The average molecular weight is 376 g/mol. The molecule has 0 saturated heterocycles. The van der Waals surface area contributed by atoms with E-state index in [9.17, 15) is 9.59 Å². The highest BCUT2D eigenvalue weighted by atomic mass is 35.5. The Bertz CT molecular complexity index is 769. The van der Waals surface area contributed by atoms with Crippen LogP contribution in [0.15, 0.2) is 24.3 Å². The Labute approximate surface area is 157 Å². The summed E-state index contributed by atoms with van der Waals surface area (Å²) in [7, 11) is 0. The average Bonchev–Trinajstić information content (AvgIpc) is 3.23. The molecule has 1 aliphatic rings. The third kappa shape index (κ3) is 3.85. The summed E-state index contributed by atoms with van der Waals surface area (Å²) >= 11 is 7.51. The minimum absolute atomic E-state index is 0.00409. The third-order valence-corrected chi connectivity index (χ3v) is 6.49. The Hall–Kier alpha value is -1.52. The van der Waals surface area contributed by atoms with Gasteiger partial charge in [0.25, 0.3) is 0 Å². The Morgan fingerprint density at radius 2 is 2.08 bits per heavy atom. The van der Waals surface area contributed by atoms with Gasteiger partial charge < -0.3 is 4.79 Å². The molecule has 3 nitrogen and oxygen atoms in total. The van der Waals surface area contributed by atoms with Crippen LogP contribution < -0.4 is 0 Å². The standard InChI is InChI=1S/C20H22ClNO2S/c1-3-17-18(16(11-23)19(24)14-5-4-12(2)10-14)22-20(25-17)13-6-8-15(21)9-7-13/h6-9,11-12,14,16H,3-5,10H2,1-2H3. The van der Waals surface area contributed by atoms with Gasteiger partial charge >= 0.3 is 0 Å². The van der Waals surface area contributed by atoms with Crippen molar-refractivity contribution >= 4 is 35.0 Å². The third-order valence-electron chi connectivity index (χ3n) is 4.97. The van der Waals surface area contributed by atoms with Gasteiger partial charge in [-0.15, -0.1) is 11.3 Å². The van der Waals surface area contributed by atoms with E-state index < -0.39 is 5.92 Å². The van der Waals surface area contributed by atoms with Crippen molar-refractivity contribution in [3.63, 3.8) is 0 Å². The molecule has 3 unspecified atom stereocenters. The molecule has 1 aromatic heterocycles. The number of thiazole rings is 1. The molecule has 0 aliphatic heterocycles. The highest BCUT2D eigenvalue weighted by Gasteiger charge is 2.35. The lowest BCUT2D eigenvalue weighted by Crippen LogP contribution is -2.22. The number of carbonyl (C=O) groups is 2. The number of aromatic nitrogens is 1. The maximum absolute atomic E-state index is 12.9. The van der Waals surface area contributed by atoms with Crippen molar-refractivity contribution in [2.75, 3.05) is 0 Å². The van der Waals surface area contributed by atoms with E-state index in [1.165, 1.54) is 0 Å². The predicted molar refractivity (Wildman–Crippen MR) is 102 cm³/mol. The second-order valence-electron chi connectivity index (χ2n) is 6.82. The van der Waals surface area contributed by atoms with Gasteiger partial charge in [0.2, 0.25) is 0 Å². The summed E-state index contributed by atoms with van der Waals surface area (Å²) in [6.45, 7) is 4.20. The number of halogens is 1. The molecule has 132 valence electrons. The van der Waals surface area contributed by atoms with Crippen LogP contribution in [0.25, 0.3) is 10.6 Å². The summed E-state index contributed by atoms with van der Waals surface area (Å²) in [6.07, 6.45) is 4.39. The first-order chi connectivity index (χ1) is 12.0. The van der Waals surface area contributed by atoms with Gasteiger partial charge in [-0.2, -0.15) is 0 Å². The molecule has 0 spiro atoms. The number of nitrogens with zero attached hydrogens (tertiary/aromatic N) is 1. The molecule has 5 heteroatoms. The van der Waals surface area contributed by atoms with Crippen LogP contribution in [-0.2, 0) is 16.0 Å². The molecule has 1 aromatic carbocycles. The molecule has 3 rings (SSSR count). The Morgan fingerprint density at radius 3 is 2.64 bits per heavy atom. The summed E-state index contributed by atoms with van der Waals surface area (Å²) in [5, 5.41) is 1.51. The number of hydrogen-bond donors (Lipinski definition) is 0. The summed E-state index contributed by atoms with van der Waals surface area (Å²) in [5.41, 5.74) is 1.61. The SMILES string of the molecule is CCc1sc(-c2ccc(Cl)cc2)nc1C(C=O)C(=O)C1CCC(C)C1. The van der Waals surface area contributed by atoms with Gasteiger partial charge in [0.15, 0.2) is 5.78 Å². The number of carbonyl (C=O) groups excluding carboxylic acids is 2. The molecule has 1 saturated carbocycles. The molecule has 1 fully saturated rings. The second kappa shape index (κ2) is 7.79. The lowest BCUT2D eigenvalue weighted by molar-refractivity contribution is -0.127. The largest absolute Gasteiger partial charge is 0.302 e. The van der Waals surface area contributed by atoms with E-state index in [4.69, 9.17) is 11.6 Å². The maximum atomic E-state index is 12.9. The number of aldehydes is 1. The van der Waals surface area contributed by atoms with Gasteiger partial charge in [-0.05, 0) is 43.7 Å². The number of rotatable bonds is 6. The number of Topliss-reactive ketones (excluding diaryl/α,β-unsaturated/α-hetero) is 1. The molecule has 0 amide bonds. The molecule has 0 radical (unpaired) electrons. The molecular weight excluding hydrogens is 354 g/mol. The number of hydrogen-bond acceptors (Lipinski definition) is 4. The van der Waals surface area contributed by atoms with Crippen LogP contribution in [0, 0.1) is 11.8 Å². The zero-order valence-corrected chi connectivity index (χ0v) is 16.1. The quantitative estimate of drug-likeness (QED) is 0.507. The Kier molecular flexibility index (Phi) is 5.70. The summed E-state index contributed by atoms with van der Waals surface area (Å²) in [4.78, 5) is 30.4. The van der Waals surface area contributed by atoms with Gasteiger partial charge in [-0.1, -0.05) is 37.6 Å². The van der Waals surface area contributed by atoms with Crippen molar-refractivity contribution in [2.45, 2.75) is 45.4 Å². The van der Waals surface area contributed by atoms with Crippen molar-refractivity contribution in [1.29, 1.82) is 0 Å². The van der Waals surface area contributed by atoms with Crippen molar-refractivity contribution in [1.82, 2.24) is 4.98 Å². The predicted octanol–water partition coefficient (Wildman–Crippen LogP) is 5.31. The molecule has 0 N–H and O–H groups in total. The first kappa shape index (κ1) is 18.3. The second-order valence-corrected chi connectivity index (χ2v) is 8.34. The molecule has 2 aromatic rings. The highest BCUT2D eigenvalue weighted by Crippen LogP contribution is 2.37. The van der Waals surface area contributed by atoms with Crippen LogP contribution in [0.5, 0.6) is 0 Å². The number of benzene rings is 1. The minimum atomic E-state index is -0.734. The molecule has 1 aliphatic carbocycles. The topological polar surface area (TPSA) is 47.0 Å². The molecule has 3 atom stereocenters. The monoisotopic (exact) mass is 375 g/mol. The highest BCUT2D eigenvalue weighted by molar-refractivity contribution is 7.15. The minimum Gasteiger partial charge on any atom is -0.302 e. The van der Waals surface area contributed by atoms with Crippen LogP contribution in [0.3, 0.4) is 0 Å². The van der Waals surface area contributed by atoms with Crippen LogP contribution in [0.2, 0.25) is 5.02 Å². The fourth-order valence-electron chi connectivity index (χ4n) is 3.56. The lowest BCUT2D eigenvalue weighted by Gasteiger charge is -2.14. The van der Waals surface area contributed by atoms with Crippen molar-refractivity contribution in [2.24, 2.45) is 11.8 Å². The number of aryl methyl sites for hydroxylation is 1. The molecule has 0 bridgehead atoms. The number of ketones is 1. The van der Waals surface area contributed by atoms with Crippen LogP contribution in [0.1, 0.15) is 49.6 Å². The van der Waals surface area contributed by atoms with Crippen LogP contribution >= 0.6 is 22.9 Å².